The van der Waals surface area contributed by atoms with Crippen LogP contribution in [0.5, 0.6) is 0 Å². The number of carbonyl (C=O) groups is 3. The molecule has 0 saturated carbocycles. The van der Waals surface area contributed by atoms with Crippen LogP contribution in [-0.4, -0.2) is 70.1 Å². The number of urea groups is 1. The third-order valence-electron chi connectivity index (χ3n) is 7.32. The molecule has 4 amide bonds. The van der Waals surface area contributed by atoms with Crippen molar-refractivity contribution in [2.24, 2.45) is 0 Å². The Morgan fingerprint density at radius 3 is 2.68 bits per heavy atom. The van der Waals surface area contributed by atoms with Crippen LogP contribution in [0.25, 0.3) is 11.0 Å². The van der Waals surface area contributed by atoms with Gasteiger partial charge in [-0.1, -0.05) is 12.1 Å². The molecule has 0 bridgehead atoms. The first-order valence-corrected chi connectivity index (χ1v) is 12.5. The summed E-state index contributed by atoms with van der Waals surface area (Å²) in [6, 6.07) is 10.2. The molecular weight excluding hydrogens is 491 g/mol. The second-order valence-electron chi connectivity index (χ2n) is 10.0. The number of hydrogen-bond donors (Lipinski definition) is 3. The number of hydrogen-bond acceptors (Lipinski definition) is 7. The van der Waals surface area contributed by atoms with E-state index >= 15 is 0 Å². The maximum Gasteiger partial charge on any atom is 0.322 e. The monoisotopic (exact) mass is 520 g/mol. The summed E-state index contributed by atoms with van der Waals surface area (Å²) in [5.74, 6) is -1.36. The Balaban J connectivity index is 1.27. The van der Waals surface area contributed by atoms with Crippen molar-refractivity contribution in [2.45, 2.75) is 36.8 Å². The number of anilines is 1. The topological polar surface area (TPSA) is 128 Å². The molecule has 2 aromatic heterocycles. The number of rotatable bonds is 7. The quantitative estimate of drug-likeness (QED) is 0.407. The van der Waals surface area contributed by atoms with E-state index in [9.17, 15) is 23.9 Å². The van der Waals surface area contributed by atoms with Gasteiger partial charge in [0.2, 0.25) is 5.91 Å². The average molecular weight is 521 g/mol. The van der Waals surface area contributed by atoms with E-state index in [2.05, 4.69) is 25.5 Å². The lowest BCUT2D eigenvalue weighted by Gasteiger charge is -2.42. The molecule has 3 aromatic rings. The van der Waals surface area contributed by atoms with Gasteiger partial charge >= 0.3 is 6.03 Å². The Morgan fingerprint density at radius 2 is 1.95 bits per heavy atom. The van der Waals surface area contributed by atoms with Crippen LogP contribution in [0.3, 0.4) is 0 Å². The van der Waals surface area contributed by atoms with Gasteiger partial charge in [-0.2, -0.15) is 0 Å². The highest BCUT2D eigenvalue weighted by Gasteiger charge is 2.48. The number of halogens is 1. The molecule has 1 aromatic carbocycles. The summed E-state index contributed by atoms with van der Waals surface area (Å²) in [7, 11) is 1.61. The zero-order valence-corrected chi connectivity index (χ0v) is 21.0. The first kappa shape index (κ1) is 25.5. The van der Waals surface area contributed by atoms with Crippen molar-refractivity contribution >= 4 is 34.6 Å². The first-order valence-electron chi connectivity index (χ1n) is 12.5. The summed E-state index contributed by atoms with van der Waals surface area (Å²) in [5.41, 5.74) is 0.163. The highest BCUT2D eigenvalue weighted by Crippen LogP contribution is 2.32. The van der Waals surface area contributed by atoms with Crippen LogP contribution in [-0.2, 0) is 15.1 Å². The Labute approximate surface area is 218 Å². The predicted molar refractivity (Wildman–Crippen MR) is 138 cm³/mol. The van der Waals surface area contributed by atoms with E-state index in [0.29, 0.717) is 18.5 Å². The molecule has 0 aliphatic carbocycles. The lowest BCUT2D eigenvalue weighted by atomic mass is 9.85. The molecule has 2 saturated heterocycles. The molecule has 2 aliphatic heterocycles. The van der Waals surface area contributed by atoms with Crippen molar-refractivity contribution < 1.29 is 23.9 Å². The zero-order valence-electron chi connectivity index (χ0n) is 21.0. The molecular formula is C27H29FN6O4. The molecule has 4 heterocycles. The Hall–Kier alpha value is -4.12. The molecule has 11 heteroatoms. The number of nitrogens with zero attached hydrogens (tertiary/aromatic N) is 4. The van der Waals surface area contributed by atoms with Gasteiger partial charge < -0.3 is 20.2 Å². The maximum absolute atomic E-state index is 13.5. The molecule has 38 heavy (non-hydrogen) atoms. The van der Waals surface area contributed by atoms with Crippen LogP contribution in [0, 0.1) is 5.82 Å². The molecule has 2 fully saturated rings. The minimum atomic E-state index is -1.48. The van der Waals surface area contributed by atoms with Crippen molar-refractivity contribution in [1.29, 1.82) is 0 Å². The van der Waals surface area contributed by atoms with Crippen molar-refractivity contribution in [2.75, 3.05) is 31.6 Å². The molecule has 2 aliphatic rings. The summed E-state index contributed by atoms with van der Waals surface area (Å²) in [4.78, 5) is 50.2. The average Bonchev–Trinajstić information content (AvgIpc) is 3.20. The van der Waals surface area contributed by atoms with Crippen molar-refractivity contribution in [3.05, 3.63) is 66.2 Å². The van der Waals surface area contributed by atoms with Crippen molar-refractivity contribution in [3.8, 4) is 0 Å². The fraction of sp³-hybridized carbons (Fsp3) is 0.370. The number of imide groups is 1. The maximum atomic E-state index is 13.5. The van der Waals surface area contributed by atoms with Crippen molar-refractivity contribution in [1.82, 2.24) is 25.5 Å². The van der Waals surface area contributed by atoms with Gasteiger partial charge in [0.1, 0.15) is 16.9 Å². The highest BCUT2D eigenvalue weighted by molar-refractivity contribution is 6.07. The molecule has 198 valence electrons. The van der Waals surface area contributed by atoms with E-state index in [1.165, 1.54) is 29.2 Å². The largest absolute Gasteiger partial charge is 0.386 e. The Bertz CT molecular complexity index is 1380. The number of nitrogens with one attached hydrogen (secondary N) is 2. The van der Waals surface area contributed by atoms with Gasteiger partial charge in [-0.3, -0.25) is 24.9 Å². The molecule has 0 radical (unpaired) electrons. The summed E-state index contributed by atoms with van der Waals surface area (Å²) in [6.45, 7) is 1.16. The molecule has 2 atom stereocenters. The number of amides is 4. The number of aromatic nitrogens is 2. The van der Waals surface area contributed by atoms with Crippen LogP contribution < -0.4 is 15.5 Å². The number of β-amino-alcohol motifs (C(OH)–C–C–N with tert-alkyl or cyclic N) is 1. The van der Waals surface area contributed by atoms with E-state index in [0.717, 1.165) is 29.7 Å². The molecule has 10 nitrogen and oxygen atoms in total. The van der Waals surface area contributed by atoms with Gasteiger partial charge in [-0.25, -0.2) is 9.18 Å². The number of fused-ring (bicyclic) bond motifs is 1. The van der Waals surface area contributed by atoms with E-state index in [1.807, 2.05) is 18.2 Å². The molecule has 5 rings (SSSR count). The summed E-state index contributed by atoms with van der Waals surface area (Å²) in [6.07, 6.45) is 4.60. The third-order valence-corrected chi connectivity index (χ3v) is 7.32. The fourth-order valence-corrected chi connectivity index (χ4v) is 5.43. The Kier molecular flexibility index (Phi) is 6.70. The standard InChI is InChI=1S/C27H29FN6O4/c1-33(22(35)9-12-27(24(36)31-25(37)32-27)18-5-7-19(28)8-6-18)16-26(38)11-3-15-34(17-26)21-10-14-29-20-4-2-13-30-23(20)21/h2,4-8,10,13-14,38H,3,9,11-12,15-17H2,1H3,(H2,31,32,36,37). The van der Waals surface area contributed by atoms with E-state index in [-0.39, 0.29) is 25.3 Å². The first-order chi connectivity index (χ1) is 18.2. The highest BCUT2D eigenvalue weighted by atomic mass is 19.1. The van der Waals surface area contributed by atoms with E-state index in [4.69, 9.17) is 0 Å². The van der Waals surface area contributed by atoms with Crippen LogP contribution >= 0.6 is 0 Å². The summed E-state index contributed by atoms with van der Waals surface area (Å²) in [5, 5.41) is 16.3. The second kappa shape index (κ2) is 9.97. The van der Waals surface area contributed by atoms with Gasteiger partial charge in [0.15, 0.2) is 0 Å². The van der Waals surface area contributed by atoms with Crippen LogP contribution in [0.2, 0.25) is 0 Å². The number of likely N-dealkylation sites (N-methyl/N-ethyl adjacent to an activating group) is 1. The SMILES string of the molecule is CN(CC1(O)CCCN(c2ccnc3cccnc23)C1)C(=O)CCC1(c2ccc(F)cc2)NC(=O)NC1=O. The predicted octanol–water partition coefficient (Wildman–Crippen LogP) is 2.07. The molecule has 2 unspecified atom stereocenters. The fourth-order valence-electron chi connectivity index (χ4n) is 5.43. The van der Waals surface area contributed by atoms with E-state index in [1.54, 1.807) is 19.4 Å². The molecule has 0 spiro atoms. The summed E-state index contributed by atoms with van der Waals surface area (Å²) >= 11 is 0. The lowest BCUT2D eigenvalue weighted by molar-refractivity contribution is -0.134. The van der Waals surface area contributed by atoms with Gasteiger partial charge in [0, 0.05) is 39.0 Å². The summed E-state index contributed by atoms with van der Waals surface area (Å²) < 4.78 is 13.5. The van der Waals surface area contributed by atoms with Gasteiger partial charge in [-0.15, -0.1) is 0 Å². The zero-order chi connectivity index (χ0) is 26.9. The number of carbonyl (C=O) groups excluding carboxylic acids is 3. The third kappa shape index (κ3) is 4.89. The van der Waals surface area contributed by atoms with E-state index < -0.39 is 28.9 Å². The van der Waals surface area contributed by atoms with Gasteiger partial charge in [0.05, 0.1) is 23.3 Å². The normalized spacial score (nSPS) is 23.3. The minimum Gasteiger partial charge on any atom is -0.386 e. The second-order valence-corrected chi connectivity index (χ2v) is 10.0. The van der Waals surface area contributed by atoms with Crippen LogP contribution in [0.4, 0.5) is 14.9 Å². The number of pyridine rings is 2. The van der Waals surface area contributed by atoms with Gasteiger partial charge in [-0.05, 0) is 55.2 Å². The van der Waals surface area contributed by atoms with Gasteiger partial charge in [0.25, 0.3) is 5.91 Å². The number of benzene rings is 1. The van der Waals surface area contributed by atoms with Crippen LogP contribution in [0.15, 0.2) is 54.9 Å². The smallest absolute Gasteiger partial charge is 0.322 e. The van der Waals surface area contributed by atoms with Crippen LogP contribution in [0.1, 0.15) is 31.2 Å². The van der Waals surface area contributed by atoms with Crippen molar-refractivity contribution in [3.63, 3.8) is 0 Å². The minimum absolute atomic E-state index is 0.0153. The lowest BCUT2D eigenvalue weighted by Crippen LogP contribution is -2.55. The number of aliphatic hydroxyl groups is 1. The number of piperidine rings is 1. The Morgan fingerprint density at radius 1 is 1.16 bits per heavy atom. The molecule has 3 N–H and O–H groups in total.